The van der Waals surface area contributed by atoms with E-state index in [2.05, 4.69) is 37.2 Å². The second kappa shape index (κ2) is 6.14. The molecule has 2 rings (SSSR count). The lowest BCUT2D eigenvalue weighted by atomic mass is 9.87. The number of hydrogen-bond donors (Lipinski definition) is 1. The number of benzene rings is 1. The maximum atomic E-state index is 13.4. The van der Waals surface area contributed by atoms with Crippen molar-refractivity contribution in [1.82, 2.24) is 9.55 Å². The molecule has 3 nitrogen and oxygen atoms in total. The number of halogens is 1. The van der Waals surface area contributed by atoms with Gasteiger partial charge in [-0.15, -0.1) is 0 Å². The van der Waals surface area contributed by atoms with Crippen LogP contribution in [0.1, 0.15) is 46.4 Å². The molecule has 0 fully saturated rings. The molecule has 0 bridgehead atoms. The number of nitrogens with zero attached hydrogens (tertiary/aromatic N) is 2. The van der Waals surface area contributed by atoms with Crippen molar-refractivity contribution in [1.29, 1.82) is 0 Å². The Labute approximate surface area is 126 Å². The van der Waals surface area contributed by atoms with E-state index in [1.54, 1.807) is 0 Å². The number of aromatic nitrogens is 2. The Kier molecular flexibility index (Phi) is 4.67. The van der Waals surface area contributed by atoms with Crippen LogP contribution < -0.4 is 5.73 Å². The van der Waals surface area contributed by atoms with Gasteiger partial charge in [-0.2, -0.15) is 0 Å². The summed E-state index contributed by atoms with van der Waals surface area (Å²) in [5.41, 5.74) is 8.20. The number of nitrogens with two attached hydrogens (primary N) is 1. The zero-order valence-electron chi connectivity index (χ0n) is 13.5. The maximum Gasteiger partial charge on any atom is 0.125 e. The van der Waals surface area contributed by atoms with Gasteiger partial charge in [-0.25, -0.2) is 9.37 Å². The second-order valence-corrected chi connectivity index (χ2v) is 7.04. The number of fused-ring (bicyclic) bond motifs is 1. The SMILES string of the molecule is CCCn1c(CC(N)CC(C)(C)C)nc2cc(F)ccc21. The van der Waals surface area contributed by atoms with Gasteiger partial charge in [0.25, 0.3) is 0 Å². The van der Waals surface area contributed by atoms with Crippen LogP contribution in [0.2, 0.25) is 0 Å². The molecule has 0 spiro atoms. The molecular weight excluding hydrogens is 265 g/mol. The van der Waals surface area contributed by atoms with Crippen molar-refractivity contribution in [3.8, 4) is 0 Å². The molecule has 0 aliphatic carbocycles. The predicted octanol–water partition coefficient (Wildman–Crippen LogP) is 3.89. The smallest absolute Gasteiger partial charge is 0.125 e. The lowest BCUT2D eigenvalue weighted by molar-refractivity contribution is 0.335. The first kappa shape index (κ1) is 16.0. The third-order valence-electron chi connectivity index (χ3n) is 3.56. The van der Waals surface area contributed by atoms with E-state index in [-0.39, 0.29) is 17.3 Å². The van der Waals surface area contributed by atoms with Crippen molar-refractivity contribution < 1.29 is 4.39 Å². The Morgan fingerprint density at radius 1 is 1.33 bits per heavy atom. The molecule has 1 aromatic carbocycles. The van der Waals surface area contributed by atoms with Crippen LogP contribution in [0.3, 0.4) is 0 Å². The van der Waals surface area contributed by atoms with Crippen molar-refractivity contribution in [2.24, 2.45) is 11.1 Å². The first-order chi connectivity index (χ1) is 9.80. The van der Waals surface area contributed by atoms with Gasteiger partial charge in [-0.1, -0.05) is 27.7 Å². The van der Waals surface area contributed by atoms with Crippen LogP contribution in [0.25, 0.3) is 11.0 Å². The number of rotatable bonds is 5. The minimum Gasteiger partial charge on any atom is -0.328 e. The molecule has 1 heterocycles. The van der Waals surface area contributed by atoms with Crippen LogP contribution >= 0.6 is 0 Å². The normalized spacial score (nSPS) is 13.8. The van der Waals surface area contributed by atoms with Gasteiger partial charge in [0.2, 0.25) is 0 Å². The van der Waals surface area contributed by atoms with Crippen molar-refractivity contribution in [2.45, 2.75) is 59.5 Å². The summed E-state index contributed by atoms with van der Waals surface area (Å²) in [6, 6.07) is 4.88. The van der Waals surface area contributed by atoms with Gasteiger partial charge in [0.1, 0.15) is 11.6 Å². The molecule has 116 valence electrons. The van der Waals surface area contributed by atoms with Crippen LogP contribution in [0, 0.1) is 11.2 Å². The lowest BCUT2D eigenvalue weighted by Crippen LogP contribution is -2.29. The molecular formula is C17H26FN3. The molecule has 0 amide bonds. The lowest BCUT2D eigenvalue weighted by Gasteiger charge is -2.23. The van der Waals surface area contributed by atoms with E-state index in [1.807, 2.05) is 6.07 Å². The average Bonchev–Trinajstić information content (AvgIpc) is 2.64. The summed E-state index contributed by atoms with van der Waals surface area (Å²) in [4.78, 5) is 4.61. The Balaban J connectivity index is 2.31. The molecule has 1 unspecified atom stereocenters. The molecule has 1 atom stereocenters. The minimum absolute atomic E-state index is 0.0715. The molecule has 0 saturated heterocycles. The zero-order chi connectivity index (χ0) is 15.6. The highest BCUT2D eigenvalue weighted by Gasteiger charge is 2.19. The van der Waals surface area contributed by atoms with Crippen LogP contribution in [0.15, 0.2) is 18.2 Å². The standard InChI is InChI=1S/C17H26FN3/c1-5-8-21-15-7-6-12(18)9-14(15)20-16(21)10-13(19)11-17(2,3)4/h6-7,9,13H,5,8,10-11,19H2,1-4H3. The van der Waals surface area contributed by atoms with E-state index >= 15 is 0 Å². The fourth-order valence-corrected chi connectivity index (χ4v) is 2.88. The molecule has 0 radical (unpaired) electrons. The predicted molar refractivity (Wildman–Crippen MR) is 85.7 cm³/mol. The second-order valence-electron chi connectivity index (χ2n) is 7.04. The summed E-state index contributed by atoms with van der Waals surface area (Å²) in [5, 5.41) is 0. The highest BCUT2D eigenvalue weighted by atomic mass is 19.1. The quantitative estimate of drug-likeness (QED) is 0.908. The zero-order valence-corrected chi connectivity index (χ0v) is 13.5. The molecule has 4 heteroatoms. The fraction of sp³-hybridized carbons (Fsp3) is 0.588. The highest BCUT2D eigenvalue weighted by molar-refractivity contribution is 5.76. The molecule has 21 heavy (non-hydrogen) atoms. The van der Waals surface area contributed by atoms with Crippen molar-refractivity contribution in [3.63, 3.8) is 0 Å². The number of aryl methyl sites for hydroxylation is 1. The molecule has 0 aliphatic rings. The monoisotopic (exact) mass is 291 g/mol. The average molecular weight is 291 g/mol. The van der Waals surface area contributed by atoms with E-state index in [9.17, 15) is 4.39 Å². The first-order valence-corrected chi connectivity index (χ1v) is 7.70. The van der Waals surface area contributed by atoms with Gasteiger partial charge in [-0.05, 0) is 30.4 Å². The molecule has 0 aliphatic heterocycles. The van der Waals surface area contributed by atoms with Crippen LogP contribution in [0.4, 0.5) is 4.39 Å². The number of hydrogen-bond acceptors (Lipinski definition) is 2. The molecule has 1 aromatic heterocycles. The maximum absolute atomic E-state index is 13.4. The summed E-state index contributed by atoms with van der Waals surface area (Å²) >= 11 is 0. The van der Waals surface area contributed by atoms with E-state index < -0.39 is 0 Å². The summed E-state index contributed by atoms with van der Waals surface area (Å²) in [6.45, 7) is 9.60. The van der Waals surface area contributed by atoms with Crippen LogP contribution in [-0.2, 0) is 13.0 Å². The summed E-state index contributed by atoms with van der Waals surface area (Å²) in [6.07, 6.45) is 2.69. The molecule has 2 N–H and O–H groups in total. The molecule has 0 saturated carbocycles. The van der Waals surface area contributed by atoms with E-state index in [4.69, 9.17) is 5.73 Å². The van der Waals surface area contributed by atoms with E-state index in [0.29, 0.717) is 0 Å². The minimum atomic E-state index is -0.241. The third-order valence-corrected chi connectivity index (χ3v) is 3.56. The fourth-order valence-electron chi connectivity index (χ4n) is 2.88. The van der Waals surface area contributed by atoms with Gasteiger partial charge in [-0.3, -0.25) is 0 Å². The van der Waals surface area contributed by atoms with Crippen molar-refractivity contribution in [3.05, 3.63) is 29.8 Å². The summed E-state index contributed by atoms with van der Waals surface area (Å²) in [7, 11) is 0. The van der Waals surface area contributed by atoms with Crippen LogP contribution in [-0.4, -0.2) is 15.6 Å². The Morgan fingerprint density at radius 3 is 2.67 bits per heavy atom. The Bertz CT molecular complexity index is 610. The topological polar surface area (TPSA) is 43.8 Å². The van der Waals surface area contributed by atoms with E-state index in [0.717, 1.165) is 42.7 Å². The largest absolute Gasteiger partial charge is 0.328 e. The van der Waals surface area contributed by atoms with Gasteiger partial charge in [0, 0.05) is 25.1 Å². The van der Waals surface area contributed by atoms with Crippen LogP contribution in [0.5, 0.6) is 0 Å². The van der Waals surface area contributed by atoms with Gasteiger partial charge in [0.15, 0.2) is 0 Å². The van der Waals surface area contributed by atoms with Gasteiger partial charge >= 0.3 is 0 Å². The first-order valence-electron chi connectivity index (χ1n) is 7.70. The van der Waals surface area contributed by atoms with Crippen molar-refractivity contribution >= 4 is 11.0 Å². The third kappa shape index (κ3) is 4.03. The molecule has 2 aromatic rings. The Hall–Kier alpha value is -1.42. The summed E-state index contributed by atoms with van der Waals surface area (Å²) in [5.74, 6) is 0.725. The Morgan fingerprint density at radius 2 is 2.05 bits per heavy atom. The number of imidazole rings is 1. The highest BCUT2D eigenvalue weighted by Crippen LogP contribution is 2.23. The van der Waals surface area contributed by atoms with Gasteiger partial charge < -0.3 is 10.3 Å². The van der Waals surface area contributed by atoms with E-state index in [1.165, 1.54) is 12.1 Å². The van der Waals surface area contributed by atoms with Crippen molar-refractivity contribution in [2.75, 3.05) is 0 Å². The summed E-state index contributed by atoms with van der Waals surface area (Å²) < 4.78 is 15.6. The van der Waals surface area contributed by atoms with Gasteiger partial charge in [0.05, 0.1) is 11.0 Å².